The number of hydrogen-bond acceptors (Lipinski definition) is 4. The van der Waals surface area contributed by atoms with Crippen molar-refractivity contribution < 1.29 is 4.74 Å². The zero-order valence-electron chi connectivity index (χ0n) is 11.2. The Balaban J connectivity index is 1.69. The molecule has 6 heteroatoms. The highest BCUT2D eigenvalue weighted by Gasteiger charge is 2.19. The zero-order valence-corrected chi connectivity index (χ0v) is 11.2. The van der Waals surface area contributed by atoms with E-state index in [1.807, 2.05) is 19.6 Å². The molecule has 0 amide bonds. The molecule has 6 nitrogen and oxygen atoms in total. The second kappa shape index (κ2) is 4.42. The molecular formula is C14H15N5O. The molecule has 0 unspecified atom stereocenters. The molecule has 0 spiro atoms. The van der Waals surface area contributed by atoms with Crippen LogP contribution in [0, 0.1) is 0 Å². The highest BCUT2D eigenvalue weighted by Crippen LogP contribution is 2.23. The lowest BCUT2D eigenvalue weighted by molar-refractivity contribution is -0.0586. The van der Waals surface area contributed by atoms with E-state index < -0.39 is 0 Å². The lowest BCUT2D eigenvalue weighted by Crippen LogP contribution is -2.30. The van der Waals surface area contributed by atoms with Crippen molar-refractivity contribution in [3.63, 3.8) is 0 Å². The van der Waals surface area contributed by atoms with Gasteiger partial charge in [0.15, 0.2) is 0 Å². The highest BCUT2D eigenvalue weighted by atomic mass is 16.5. The molecule has 0 bridgehead atoms. The molecule has 0 N–H and O–H groups in total. The van der Waals surface area contributed by atoms with Gasteiger partial charge in [-0.25, -0.2) is 4.98 Å². The van der Waals surface area contributed by atoms with Gasteiger partial charge in [-0.05, 0) is 18.6 Å². The molecule has 1 saturated heterocycles. The number of aromatic nitrogens is 5. The zero-order chi connectivity index (χ0) is 13.5. The summed E-state index contributed by atoms with van der Waals surface area (Å²) in [7, 11) is 1.86. The molecule has 1 fully saturated rings. The van der Waals surface area contributed by atoms with E-state index in [9.17, 15) is 0 Å². The first-order valence-corrected chi connectivity index (χ1v) is 6.73. The van der Waals surface area contributed by atoms with Gasteiger partial charge in [0.1, 0.15) is 5.69 Å². The van der Waals surface area contributed by atoms with Gasteiger partial charge >= 0.3 is 0 Å². The molecule has 20 heavy (non-hydrogen) atoms. The van der Waals surface area contributed by atoms with Gasteiger partial charge in [-0.3, -0.25) is 4.68 Å². The van der Waals surface area contributed by atoms with Crippen molar-refractivity contribution in [1.29, 1.82) is 0 Å². The van der Waals surface area contributed by atoms with E-state index in [2.05, 4.69) is 38.1 Å². The Hall–Kier alpha value is -2.21. The van der Waals surface area contributed by atoms with E-state index in [-0.39, 0.29) is 0 Å². The van der Waals surface area contributed by atoms with Crippen molar-refractivity contribution in [1.82, 2.24) is 24.5 Å². The number of benzene rings is 1. The SMILES string of the molecule is Cn1cc(-c2ccc3c(c2)ncn3C[C@@H]2CCO2)nn1. The average molecular weight is 269 g/mol. The van der Waals surface area contributed by atoms with Crippen LogP contribution >= 0.6 is 0 Å². The monoisotopic (exact) mass is 269 g/mol. The summed E-state index contributed by atoms with van der Waals surface area (Å²) < 4.78 is 9.33. The third-order valence-corrected chi connectivity index (χ3v) is 3.71. The number of fused-ring (bicyclic) bond motifs is 1. The largest absolute Gasteiger partial charge is 0.376 e. The van der Waals surface area contributed by atoms with Crippen molar-refractivity contribution in [2.75, 3.05) is 6.61 Å². The summed E-state index contributed by atoms with van der Waals surface area (Å²) in [5.74, 6) is 0. The van der Waals surface area contributed by atoms with Crippen LogP contribution in [0.2, 0.25) is 0 Å². The minimum atomic E-state index is 0.340. The fraction of sp³-hybridized carbons (Fsp3) is 0.357. The Morgan fingerprint density at radius 3 is 3.00 bits per heavy atom. The van der Waals surface area contributed by atoms with Crippen LogP contribution in [0.3, 0.4) is 0 Å². The Morgan fingerprint density at radius 1 is 1.40 bits per heavy atom. The van der Waals surface area contributed by atoms with E-state index in [4.69, 9.17) is 4.74 Å². The molecule has 1 aliphatic heterocycles. The number of imidazole rings is 1. The molecule has 102 valence electrons. The van der Waals surface area contributed by atoms with Crippen LogP contribution in [0.5, 0.6) is 0 Å². The van der Waals surface area contributed by atoms with Crippen LogP contribution in [-0.4, -0.2) is 37.3 Å². The molecule has 0 saturated carbocycles. The van der Waals surface area contributed by atoms with Crippen molar-refractivity contribution >= 4 is 11.0 Å². The number of nitrogens with zero attached hydrogens (tertiary/aromatic N) is 5. The van der Waals surface area contributed by atoms with Crippen LogP contribution in [0.4, 0.5) is 0 Å². The standard InChI is InChI=1S/C14H15N5O/c1-18-8-13(16-17-18)10-2-3-14-12(6-10)15-9-19(14)7-11-4-5-20-11/h2-3,6,8-9,11H,4-5,7H2,1H3/t11-/m0/s1. The van der Waals surface area contributed by atoms with Crippen molar-refractivity contribution in [2.45, 2.75) is 19.1 Å². The Kier molecular flexibility index (Phi) is 2.56. The van der Waals surface area contributed by atoms with E-state index >= 15 is 0 Å². The number of rotatable bonds is 3. The van der Waals surface area contributed by atoms with Crippen LogP contribution in [0.15, 0.2) is 30.7 Å². The van der Waals surface area contributed by atoms with Crippen molar-refractivity contribution in [3.8, 4) is 11.3 Å². The van der Waals surface area contributed by atoms with Gasteiger partial charge in [-0.2, -0.15) is 0 Å². The summed E-state index contributed by atoms with van der Waals surface area (Å²) in [6.45, 7) is 1.76. The topological polar surface area (TPSA) is 57.8 Å². The van der Waals surface area contributed by atoms with Gasteiger partial charge in [0.25, 0.3) is 0 Å². The molecule has 0 radical (unpaired) electrons. The average Bonchev–Trinajstić information content (AvgIpc) is 3.00. The summed E-state index contributed by atoms with van der Waals surface area (Å²) in [4.78, 5) is 4.48. The maximum absolute atomic E-state index is 5.48. The molecule has 0 aliphatic carbocycles. The lowest BCUT2D eigenvalue weighted by Gasteiger charge is -2.26. The fourth-order valence-electron chi connectivity index (χ4n) is 2.50. The Bertz CT molecular complexity index is 756. The number of aryl methyl sites for hydroxylation is 1. The van der Waals surface area contributed by atoms with Crippen LogP contribution in [0.25, 0.3) is 22.3 Å². The molecule has 1 atom stereocenters. The first-order chi connectivity index (χ1) is 9.79. The molecule has 1 aliphatic rings. The highest BCUT2D eigenvalue weighted by molar-refractivity contribution is 5.81. The second-order valence-electron chi connectivity index (χ2n) is 5.16. The predicted molar refractivity (Wildman–Crippen MR) is 74.1 cm³/mol. The van der Waals surface area contributed by atoms with E-state index in [0.717, 1.165) is 41.9 Å². The van der Waals surface area contributed by atoms with Crippen molar-refractivity contribution in [2.24, 2.45) is 7.05 Å². The first-order valence-electron chi connectivity index (χ1n) is 6.73. The quantitative estimate of drug-likeness (QED) is 0.725. The van der Waals surface area contributed by atoms with E-state index in [0.29, 0.717) is 6.10 Å². The smallest absolute Gasteiger partial charge is 0.113 e. The van der Waals surface area contributed by atoms with Gasteiger partial charge in [-0.15, -0.1) is 5.10 Å². The normalized spacial score (nSPS) is 18.4. The summed E-state index contributed by atoms with van der Waals surface area (Å²) in [6, 6.07) is 6.20. The van der Waals surface area contributed by atoms with Gasteiger partial charge in [0, 0.05) is 19.2 Å². The summed E-state index contributed by atoms with van der Waals surface area (Å²) in [5, 5.41) is 8.09. The molecule has 3 heterocycles. The van der Waals surface area contributed by atoms with Gasteiger partial charge in [-0.1, -0.05) is 11.3 Å². The maximum Gasteiger partial charge on any atom is 0.113 e. The molecule has 3 aromatic rings. The lowest BCUT2D eigenvalue weighted by atomic mass is 10.1. The van der Waals surface area contributed by atoms with Gasteiger partial charge in [0.05, 0.1) is 36.2 Å². The summed E-state index contributed by atoms with van der Waals surface area (Å²) in [6.07, 6.45) is 5.26. The van der Waals surface area contributed by atoms with Gasteiger partial charge in [0.2, 0.25) is 0 Å². The Labute approximate surface area is 116 Å². The number of hydrogen-bond donors (Lipinski definition) is 0. The second-order valence-corrected chi connectivity index (χ2v) is 5.16. The van der Waals surface area contributed by atoms with Crippen molar-refractivity contribution in [3.05, 3.63) is 30.7 Å². The third kappa shape index (κ3) is 1.89. The van der Waals surface area contributed by atoms with E-state index in [1.165, 1.54) is 0 Å². The Morgan fingerprint density at radius 2 is 2.30 bits per heavy atom. The van der Waals surface area contributed by atoms with Crippen LogP contribution in [0.1, 0.15) is 6.42 Å². The van der Waals surface area contributed by atoms with Crippen LogP contribution in [-0.2, 0) is 18.3 Å². The summed E-state index contributed by atoms with van der Waals surface area (Å²) in [5.41, 5.74) is 4.02. The molecule has 1 aromatic carbocycles. The predicted octanol–water partition coefficient (Wildman–Crippen LogP) is 1.62. The molecule has 4 rings (SSSR count). The molecular weight excluding hydrogens is 254 g/mol. The maximum atomic E-state index is 5.48. The minimum absolute atomic E-state index is 0.340. The fourth-order valence-corrected chi connectivity index (χ4v) is 2.50. The van der Waals surface area contributed by atoms with E-state index in [1.54, 1.807) is 4.68 Å². The van der Waals surface area contributed by atoms with Crippen LogP contribution < -0.4 is 0 Å². The molecule has 2 aromatic heterocycles. The minimum Gasteiger partial charge on any atom is -0.376 e. The third-order valence-electron chi connectivity index (χ3n) is 3.71. The number of ether oxygens (including phenoxy) is 1. The van der Waals surface area contributed by atoms with Gasteiger partial charge < -0.3 is 9.30 Å². The summed E-state index contributed by atoms with van der Waals surface area (Å²) >= 11 is 0. The first kappa shape index (κ1) is 11.6.